The molecule has 0 radical (unpaired) electrons. The second-order valence-corrected chi connectivity index (χ2v) is 5.44. The number of ether oxygens (including phenoxy) is 2. The van der Waals surface area contributed by atoms with E-state index in [1.807, 2.05) is 6.92 Å². The summed E-state index contributed by atoms with van der Waals surface area (Å²) in [6.45, 7) is 1.99. The first kappa shape index (κ1) is 15.8. The van der Waals surface area contributed by atoms with Gasteiger partial charge >= 0.3 is 5.97 Å². The number of likely N-dealkylation sites (N-methyl/N-ethyl adjacent to an activating group) is 1. The van der Waals surface area contributed by atoms with Gasteiger partial charge in [-0.3, -0.25) is 4.79 Å². The van der Waals surface area contributed by atoms with Crippen LogP contribution in [0.5, 0.6) is 5.75 Å². The summed E-state index contributed by atoms with van der Waals surface area (Å²) in [7, 11) is 1.53. The van der Waals surface area contributed by atoms with Gasteiger partial charge in [0.1, 0.15) is 12.4 Å². The van der Waals surface area contributed by atoms with E-state index in [-0.39, 0.29) is 12.5 Å². The lowest BCUT2D eigenvalue weighted by Crippen LogP contribution is -2.51. The summed E-state index contributed by atoms with van der Waals surface area (Å²) < 4.78 is 11.1. The van der Waals surface area contributed by atoms with Gasteiger partial charge in [0.25, 0.3) is 0 Å². The van der Waals surface area contributed by atoms with Crippen LogP contribution in [0.25, 0.3) is 0 Å². The molecule has 0 spiro atoms. The van der Waals surface area contributed by atoms with E-state index in [2.05, 4.69) is 15.9 Å². The molecule has 0 bridgehead atoms. The summed E-state index contributed by atoms with van der Waals surface area (Å²) in [5.74, 6) is -0.734. The first-order chi connectivity index (χ1) is 9.99. The number of amides is 1. The second-order valence-electron chi connectivity index (χ2n) is 4.58. The van der Waals surface area contributed by atoms with Crippen molar-refractivity contribution in [3.63, 3.8) is 0 Å². The predicted octanol–water partition coefficient (Wildman–Crippen LogP) is 1.83. The highest BCUT2D eigenvalue weighted by Crippen LogP contribution is 2.36. The molecule has 1 fully saturated rings. The van der Waals surface area contributed by atoms with Gasteiger partial charge in [-0.05, 0) is 30.7 Å². The van der Waals surface area contributed by atoms with Crippen LogP contribution >= 0.6 is 15.9 Å². The molecule has 2 unspecified atom stereocenters. The average Bonchev–Trinajstić information content (AvgIpc) is 2.47. The van der Waals surface area contributed by atoms with E-state index in [1.165, 1.54) is 12.0 Å². The topological polar surface area (TPSA) is 76.1 Å². The molecule has 1 saturated heterocycles. The van der Waals surface area contributed by atoms with Crippen molar-refractivity contribution in [2.45, 2.75) is 19.1 Å². The number of rotatable bonds is 4. The van der Waals surface area contributed by atoms with Gasteiger partial charge in [-0.15, -0.1) is 0 Å². The predicted molar refractivity (Wildman–Crippen MR) is 78.2 cm³/mol. The Morgan fingerprint density at radius 1 is 1.57 bits per heavy atom. The molecule has 0 aromatic heterocycles. The van der Waals surface area contributed by atoms with Crippen LogP contribution in [0.4, 0.5) is 0 Å². The number of carboxylic acids is 1. The minimum Gasteiger partial charge on any atom is -0.497 e. The van der Waals surface area contributed by atoms with Crippen LogP contribution in [0.2, 0.25) is 0 Å². The van der Waals surface area contributed by atoms with Gasteiger partial charge in [-0.25, -0.2) is 4.79 Å². The third-order valence-corrected chi connectivity index (χ3v) is 4.16. The Morgan fingerprint density at radius 2 is 2.29 bits per heavy atom. The number of halogens is 1. The van der Waals surface area contributed by atoms with E-state index in [1.54, 1.807) is 18.2 Å². The van der Waals surface area contributed by atoms with Crippen LogP contribution < -0.4 is 4.74 Å². The minimum atomic E-state index is -1.11. The molecule has 1 N–H and O–H groups in total. The molecule has 7 heteroatoms. The summed E-state index contributed by atoms with van der Waals surface area (Å²) in [5, 5.41) is 9.38. The van der Waals surface area contributed by atoms with Crippen molar-refractivity contribution in [1.29, 1.82) is 0 Å². The first-order valence-electron chi connectivity index (χ1n) is 6.46. The molecule has 1 aliphatic heterocycles. The molecule has 0 saturated carbocycles. The third kappa shape index (κ3) is 3.03. The van der Waals surface area contributed by atoms with Crippen LogP contribution in [-0.4, -0.2) is 48.2 Å². The van der Waals surface area contributed by atoms with Crippen LogP contribution in [0.3, 0.4) is 0 Å². The number of morpholine rings is 1. The molecule has 1 heterocycles. The maximum absolute atomic E-state index is 12.0. The quantitative estimate of drug-likeness (QED) is 0.889. The van der Waals surface area contributed by atoms with Gasteiger partial charge in [0.05, 0.1) is 13.2 Å². The summed E-state index contributed by atoms with van der Waals surface area (Å²) >= 11 is 3.41. The van der Waals surface area contributed by atoms with E-state index in [0.717, 1.165) is 0 Å². The molecule has 1 aromatic rings. The molecule has 2 atom stereocenters. The zero-order valence-electron chi connectivity index (χ0n) is 11.7. The van der Waals surface area contributed by atoms with E-state index in [0.29, 0.717) is 22.3 Å². The zero-order chi connectivity index (χ0) is 15.6. The Bertz CT molecular complexity index is 560. The Hall–Kier alpha value is -1.60. The molecular formula is C14H16BrNO5. The molecule has 114 valence electrons. The Kier molecular flexibility index (Phi) is 4.84. The van der Waals surface area contributed by atoms with E-state index < -0.39 is 18.1 Å². The summed E-state index contributed by atoms with van der Waals surface area (Å²) in [6, 6.07) is 4.54. The number of aliphatic carboxylic acids is 1. The number of methoxy groups -OCH3 is 1. The zero-order valence-corrected chi connectivity index (χ0v) is 13.3. The monoisotopic (exact) mass is 357 g/mol. The van der Waals surface area contributed by atoms with Gasteiger partial charge in [0.2, 0.25) is 5.91 Å². The number of nitrogens with zero attached hydrogens (tertiary/aromatic N) is 1. The number of carbonyl (C=O) groups is 2. The van der Waals surface area contributed by atoms with Crippen molar-refractivity contribution >= 4 is 27.8 Å². The van der Waals surface area contributed by atoms with Crippen LogP contribution in [0.1, 0.15) is 18.5 Å². The molecule has 2 rings (SSSR count). The largest absolute Gasteiger partial charge is 0.497 e. The van der Waals surface area contributed by atoms with Gasteiger partial charge < -0.3 is 19.5 Å². The summed E-state index contributed by atoms with van der Waals surface area (Å²) in [6.07, 6.45) is -1.11. The number of carboxylic acid groups (broad SMARTS) is 1. The van der Waals surface area contributed by atoms with E-state index in [9.17, 15) is 14.7 Å². The van der Waals surface area contributed by atoms with E-state index >= 15 is 0 Å². The third-order valence-electron chi connectivity index (χ3n) is 3.44. The van der Waals surface area contributed by atoms with Crippen molar-refractivity contribution in [2.24, 2.45) is 0 Å². The van der Waals surface area contributed by atoms with Crippen molar-refractivity contribution in [1.82, 2.24) is 4.90 Å². The minimum absolute atomic E-state index is 0.219. The number of hydrogen-bond donors (Lipinski definition) is 1. The number of benzene rings is 1. The van der Waals surface area contributed by atoms with Gasteiger partial charge in [-0.2, -0.15) is 0 Å². The fraction of sp³-hybridized carbons (Fsp3) is 0.429. The molecule has 21 heavy (non-hydrogen) atoms. The lowest BCUT2D eigenvalue weighted by molar-refractivity contribution is -0.172. The van der Waals surface area contributed by atoms with Crippen LogP contribution in [0.15, 0.2) is 22.7 Å². The standard InChI is InChI=1S/C14H16BrNO5/c1-3-16-11(17)7-21-13(14(18)19)12(16)9-6-8(20-2)4-5-10(9)15/h4-6,12-13H,3,7H2,1-2H3,(H,18,19). The first-order valence-corrected chi connectivity index (χ1v) is 7.26. The molecule has 1 amide bonds. The smallest absolute Gasteiger partial charge is 0.335 e. The number of hydrogen-bond acceptors (Lipinski definition) is 4. The molecule has 1 aromatic carbocycles. The number of carbonyl (C=O) groups excluding carboxylic acids is 1. The lowest BCUT2D eigenvalue weighted by Gasteiger charge is -2.39. The molecule has 6 nitrogen and oxygen atoms in total. The Labute approximate surface area is 130 Å². The van der Waals surface area contributed by atoms with Crippen molar-refractivity contribution in [3.8, 4) is 5.75 Å². The maximum Gasteiger partial charge on any atom is 0.335 e. The SMILES string of the molecule is CCN1C(=O)COC(C(=O)O)C1c1cc(OC)ccc1Br. The lowest BCUT2D eigenvalue weighted by atomic mass is 9.97. The van der Waals surface area contributed by atoms with Crippen LogP contribution in [-0.2, 0) is 14.3 Å². The van der Waals surface area contributed by atoms with E-state index in [4.69, 9.17) is 9.47 Å². The highest BCUT2D eigenvalue weighted by atomic mass is 79.9. The average molecular weight is 358 g/mol. The fourth-order valence-electron chi connectivity index (χ4n) is 2.44. The molecule has 0 aliphatic carbocycles. The van der Waals surface area contributed by atoms with Crippen LogP contribution in [0, 0.1) is 0 Å². The van der Waals surface area contributed by atoms with Gasteiger partial charge in [-0.1, -0.05) is 15.9 Å². The molecular weight excluding hydrogens is 342 g/mol. The molecule has 1 aliphatic rings. The Morgan fingerprint density at radius 3 is 2.86 bits per heavy atom. The maximum atomic E-state index is 12.0. The second kappa shape index (κ2) is 6.44. The Balaban J connectivity index is 2.52. The van der Waals surface area contributed by atoms with Crippen molar-refractivity contribution in [2.75, 3.05) is 20.3 Å². The fourth-order valence-corrected chi connectivity index (χ4v) is 2.92. The summed E-state index contributed by atoms with van der Waals surface area (Å²) in [4.78, 5) is 25.0. The highest BCUT2D eigenvalue weighted by molar-refractivity contribution is 9.10. The normalized spacial score (nSPS) is 22.2. The van der Waals surface area contributed by atoms with Gasteiger partial charge in [0.15, 0.2) is 6.10 Å². The van der Waals surface area contributed by atoms with Gasteiger partial charge in [0, 0.05) is 11.0 Å². The highest BCUT2D eigenvalue weighted by Gasteiger charge is 2.42. The summed E-state index contributed by atoms with van der Waals surface area (Å²) in [5.41, 5.74) is 0.650. The van der Waals surface area contributed by atoms with Crippen molar-refractivity contribution in [3.05, 3.63) is 28.2 Å². The van der Waals surface area contributed by atoms with Crippen molar-refractivity contribution < 1.29 is 24.2 Å².